The topological polar surface area (TPSA) is 50.8 Å². The summed E-state index contributed by atoms with van der Waals surface area (Å²) in [5.74, 6) is -1.93. The molecule has 1 aliphatic carbocycles. The van der Waals surface area contributed by atoms with Crippen molar-refractivity contribution in [3.8, 4) is 5.75 Å². The van der Waals surface area contributed by atoms with Crippen molar-refractivity contribution in [3.05, 3.63) is 40.2 Å². The van der Waals surface area contributed by atoms with Crippen molar-refractivity contribution in [2.75, 3.05) is 19.9 Å². The SMILES string of the molecule is CC1C(Br)(c2cccc3c2OCNC3)C(F)=C(Cl)C(C(=O)Cl)C1(Cl)N1C2CCC1COC2. The minimum absolute atomic E-state index is 0.000247. The number of para-hydroxylation sites is 1. The fraction of sp³-hybridized carbons (Fsp3) is 0.591. The van der Waals surface area contributed by atoms with Gasteiger partial charge in [-0.25, -0.2) is 4.39 Å². The Bertz CT molecular complexity index is 981. The highest BCUT2D eigenvalue weighted by atomic mass is 79.9. The van der Waals surface area contributed by atoms with Gasteiger partial charge in [0.25, 0.3) is 0 Å². The number of alkyl halides is 2. The van der Waals surface area contributed by atoms with Crippen LogP contribution < -0.4 is 10.1 Å². The number of hydrogen-bond donors (Lipinski definition) is 1. The van der Waals surface area contributed by atoms with Crippen LogP contribution in [0.3, 0.4) is 0 Å². The number of carbonyl (C=O) groups excluding carboxylic acids is 1. The van der Waals surface area contributed by atoms with Crippen molar-refractivity contribution in [3.63, 3.8) is 0 Å². The lowest BCUT2D eigenvalue weighted by molar-refractivity contribution is -0.124. The average molecular weight is 569 g/mol. The highest BCUT2D eigenvalue weighted by Crippen LogP contribution is 2.64. The van der Waals surface area contributed by atoms with Crippen LogP contribution in [0.25, 0.3) is 0 Å². The van der Waals surface area contributed by atoms with E-state index >= 15 is 4.39 Å². The van der Waals surface area contributed by atoms with Gasteiger partial charge in [-0.15, -0.1) is 11.6 Å². The number of ether oxygens (including phenoxy) is 2. The molecule has 3 heterocycles. The van der Waals surface area contributed by atoms with E-state index in [2.05, 4.69) is 26.1 Å². The van der Waals surface area contributed by atoms with E-state index in [1.807, 2.05) is 25.1 Å². The summed E-state index contributed by atoms with van der Waals surface area (Å²) in [7, 11) is 0. The summed E-state index contributed by atoms with van der Waals surface area (Å²) in [6, 6.07) is 5.60. The van der Waals surface area contributed by atoms with Gasteiger partial charge in [0.1, 0.15) is 33.5 Å². The number of nitrogens with zero attached hydrogens (tertiary/aromatic N) is 1. The maximum Gasteiger partial charge on any atom is 0.233 e. The first-order valence-corrected chi connectivity index (χ1v) is 12.6. The molecule has 174 valence electrons. The van der Waals surface area contributed by atoms with Gasteiger partial charge in [-0.05, 0) is 24.4 Å². The van der Waals surface area contributed by atoms with E-state index < -0.39 is 32.2 Å². The molecule has 0 saturated carbocycles. The zero-order valence-electron chi connectivity index (χ0n) is 17.3. The van der Waals surface area contributed by atoms with Crippen molar-refractivity contribution < 1.29 is 18.7 Å². The Morgan fingerprint density at radius 2 is 2.00 bits per heavy atom. The second kappa shape index (κ2) is 8.36. The standard InChI is InChI=1S/C22H23BrCl3FN2O3/c1-11-21(23,15-4-2-3-12-7-28-10-32-18(12)15)19(27)17(24)16(20(25)30)22(11,26)29-13-5-6-14(29)9-31-8-13/h2-4,11,13-14,16,28H,5-10H2,1H3. The summed E-state index contributed by atoms with van der Waals surface area (Å²) < 4.78 is 26.4. The Balaban J connectivity index is 1.73. The van der Waals surface area contributed by atoms with Gasteiger partial charge in [-0.1, -0.05) is 52.7 Å². The summed E-state index contributed by atoms with van der Waals surface area (Å²) in [5.41, 5.74) is 1.50. The molecule has 6 unspecified atom stereocenters. The van der Waals surface area contributed by atoms with Gasteiger partial charge in [-0.2, -0.15) is 0 Å². The molecular formula is C22H23BrCl3FN2O3. The van der Waals surface area contributed by atoms with E-state index in [1.54, 1.807) is 0 Å². The van der Waals surface area contributed by atoms with Crippen LogP contribution in [0.4, 0.5) is 4.39 Å². The van der Waals surface area contributed by atoms with Crippen molar-refractivity contribution in [2.24, 2.45) is 11.8 Å². The molecule has 32 heavy (non-hydrogen) atoms. The van der Waals surface area contributed by atoms with Crippen molar-refractivity contribution in [2.45, 2.75) is 47.7 Å². The van der Waals surface area contributed by atoms with Crippen LogP contribution in [0.15, 0.2) is 29.1 Å². The summed E-state index contributed by atoms with van der Waals surface area (Å²) in [6.45, 7) is 3.74. The van der Waals surface area contributed by atoms with Crippen LogP contribution in [0, 0.1) is 11.8 Å². The first-order chi connectivity index (χ1) is 15.2. The first-order valence-electron chi connectivity index (χ1n) is 10.7. The highest BCUT2D eigenvalue weighted by molar-refractivity contribution is 9.09. The van der Waals surface area contributed by atoms with Crippen LogP contribution in [0.5, 0.6) is 5.75 Å². The van der Waals surface area contributed by atoms with Gasteiger partial charge in [0.2, 0.25) is 5.24 Å². The zero-order valence-corrected chi connectivity index (χ0v) is 21.2. The predicted molar refractivity (Wildman–Crippen MR) is 125 cm³/mol. The summed E-state index contributed by atoms with van der Waals surface area (Å²) >= 11 is 23.8. The van der Waals surface area contributed by atoms with Crippen LogP contribution in [-0.4, -0.2) is 47.2 Å². The maximum atomic E-state index is 16.2. The Kier molecular flexibility index (Phi) is 6.10. The fourth-order valence-electron chi connectivity index (χ4n) is 5.86. The molecule has 5 nitrogen and oxygen atoms in total. The second-order valence-corrected chi connectivity index (χ2v) is 11.5. The predicted octanol–water partition coefficient (Wildman–Crippen LogP) is 4.97. The number of carbonyl (C=O) groups is 1. The average Bonchev–Trinajstić information content (AvgIpc) is 3.05. The number of morpholine rings is 1. The number of allylic oxidation sites excluding steroid dienone is 1. The summed E-state index contributed by atoms with van der Waals surface area (Å²) in [6.07, 6.45) is 1.76. The number of benzene rings is 1. The van der Waals surface area contributed by atoms with E-state index in [-0.39, 0.29) is 17.1 Å². The molecule has 5 rings (SSSR count). The molecule has 4 aliphatic rings. The number of hydrogen-bond acceptors (Lipinski definition) is 5. The minimum Gasteiger partial charge on any atom is -0.478 e. The van der Waals surface area contributed by atoms with Gasteiger partial charge in [0.05, 0.1) is 18.2 Å². The molecule has 6 atom stereocenters. The molecule has 1 N–H and O–H groups in total. The van der Waals surface area contributed by atoms with Crippen molar-refractivity contribution in [1.82, 2.24) is 10.2 Å². The number of rotatable bonds is 3. The van der Waals surface area contributed by atoms with E-state index in [1.165, 1.54) is 0 Å². The Morgan fingerprint density at radius 1 is 1.31 bits per heavy atom. The quantitative estimate of drug-likeness (QED) is 0.317. The monoisotopic (exact) mass is 566 g/mol. The third-order valence-corrected chi connectivity index (χ3v) is 10.2. The van der Waals surface area contributed by atoms with E-state index in [9.17, 15) is 4.79 Å². The van der Waals surface area contributed by atoms with Gasteiger partial charge in [0.15, 0.2) is 0 Å². The number of nitrogens with one attached hydrogen (secondary N) is 1. The second-order valence-electron chi connectivity index (χ2n) is 8.90. The zero-order chi connectivity index (χ0) is 22.8. The highest BCUT2D eigenvalue weighted by Gasteiger charge is 2.67. The molecule has 0 amide bonds. The lowest BCUT2D eigenvalue weighted by atomic mass is 9.70. The van der Waals surface area contributed by atoms with Gasteiger partial charge in [0, 0.05) is 35.7 Å². The van der Waals surface area contributed by atoms with Gasteiger partial charge >= 0.3 is 0 Å². The van der Waals surface area contributed by atoms with Crippen LogP contribution in [0.2, 0.25) is 0 Å². The van der Waals surface area contributed by atoms with Crippen LogP contribution in [-0.2, 0) is 20.4 Å². The largest absolute Gasteiger partial charge is 0.478 e. The Morgan fingerprint density at radius 3 is 2.66 bits per heavy atom. The molecule has 0 radical (unpaired) electrons. The van der Waals surface area contributed by atoms with Gasteiger partial charge in [-0.3, -0.25) is 15.0 Å². The number of fused-ring (bicyclic) bond motifs is 3. The lowest BCUT2D eigenvalue weighted by Gasteiger charge is -2.57. The summed E-state index contributed by atoms with van der Waals surface area (Å²) in [5, 5.41) is 2.10. The molecule has 0 aromatic heterocycles. The molecule has 2 fully saturated rings. The van der Waals surface area contributed by atoms with Crippen LogP contribution in [0.1, 0.15) is 30.9 Å². The molecule has 10 heteroatoms. The molecule has 1 aromatic rings. The third-order valence-electron chi connectivity index (χ3n) is 7.38. The first kappa shape index (κ1) is 23.3. The van der Waals surface area contributed by atoms with E-state index in [0.717, 1.165) is 18.4 Å². The third kappa shape index (κ3) is 3.15. The lowest BCUT2D eigenvalue weighted by Crippen LogP contribution is -2.67. The molecule has 0 spiro atoms. The fourth-order valence-corrected chi connectivity index (χ4v) is 8.48. The Hall–Kier alpha value is -0.410. The molecular weight excluding hydrogens is 546 g/mol. The maximum absolute atomic E-state index is 16.2. The minimum atomic E-state index is -1.41. The number of halogens is 5. The van der Waals surface area contributed by atoms with Crippen LogP contribution >= 0.6 is 50.7 Å². The van der Waals surface area contributed by atoms with E-state index in [4.69, 9.17) is 44.3 Å². The molecule has 2 bridgehead atoms. The summed E-state index contributed by atoms with van der Waals surface area (Å²) in [4.78, 5) is 13.4. The van der Waals surface area contributed by atoms with Gasteiger partial charge < -0.3 is 9.47 Å². The smallest absolute Gasteiger partial charge is 0.233 e. The van der Waals surface area contributed by atoms with E-state index in [0.29, 0.717) is 37.8 Å². The molecule has 1 aromatic carbocycles. The van der Waals surface area contributed by atoms with Crippen molar-refractivity contribution in [1.29, 1.82) is 0 Å². The van der Waals surface area contributed by atoms with Crippen molar-refractivity contribution >= 4 is 56.0 Å². The molecule has 3 aliphatic heterocycles. The Labute approximate surface area is 209 Å². The molecule has 2 saturated heterocycles. The normalized spacial score (nSPS) is 39.6.